The molecule has 4 N–H and O–H groups in total. The molecule has 0 aliphatic heterocycles. The molecular weight excluding hydrogens is 322 g/mol. The van der Waals surface area contributed by atoms with Crippen LogP contribution in [0.4, 0.5) is 0 Å². The summed E-state index contributed by atoms with van der Waals surface area (Å²) in [4.78, 5) is 23.4. The third-order valence-electron chi connectivity index (χ3n) is 3.21. The lowest BCUT2D eigenvalue weighted by atomic mass is 10.1. The van der Waals surface area contributed by atoms with Gasteiger partial charge in [-0.15, -0.1) is 12.4 Å². The van der Waals surface area contributed by atoms with Gasteiger partial charge in [-0.25, -0.2) is 0 Å². The van der Waals surface area contributed by atoms with Crippen molar-refractivity contribution in [1.82, 2.24) is 10.6 Å². The van der Waals surface area contributed by atoms with Crippen LogP contribution in [0.3, 0.4) is 0 Å². The number of unbranched alkanes of at least 4 members (excludes halogenated alkanes) is 1. The molecule has 126 valence electrons. The fourth-order valence-corrected chi connectivity index (χ4v) is 2.58. The third-order valence-corrected chi connectivity index (χ3v) is 3.89. The van der Waals surface area contributed by atoms with E-state index in [1.54, 1.807) is 6.07 Å². The molecule has 0 aromatic carbocycles. The van der Waals surface area contributed by atoms with Gasteiger partial charge in [0.1, 0.15) is 0 Å². The molecule has 0 fully saturated rings. The van der Waals surface area contributed by atoms with Crippen LogP contribution in [0.15, 0.2) is 16.8 Å². The standard InChI is InChI=1S/C15H25N3O2S.ClH/c1-2-3-5-13(10-16)18-14(19)6-4-8-17-15(20)12-7-9-21-11-12;/h7,9,11,13H,2-6,8,10,16H2,1H3,(H,17,20)(H,18,19);1H. The third kappa shape index (κ3) is 8.36. The van der Waals surface area contributed by atoms with E-state index in [9.17, 15) is 9.59 Å². The lowest BCUT2D eigenvalue weighted by molar-refractivity contribution is -0.121. The molecule has 1 aromatic heterocycles. The highest BCUT2D eigenvalue weighted by molar-refractivity contribution is 7.08. The molecule has 7 heteroatoms. The van der Waals surface area contributed by atoms with Crippen LogP contribution in [0, 0.1) is 0 Å². The summed E-state index contributed by atoms with van der Waals surface area (Å²) in [6.07, 6.45) is 4.13. The van der Waals surface area contributed by atoms with Gasteiger partial charge >= 0.3 is 0 Å². The number of hydrogen-bond donors (Lipinski definition) is 3. The average Bonchev–Trinajstić information content (AvgIpc) is 3.02. The predicted octanol–water partition coefficient (Wildman–Crippen LogP) is 2.31. The first-order valence-corrected chi connectivity index (χ1v) is 8.41. The van der Waals surface area contributed by atoms with Crippen LogP contribution < -0.4 is 16.4 Å². The summed E-state index contributed by atoms with van der Waals surface area (Å²) in [7, 11) is 0. The number of carbonyl (C=O) groups is 2. The molecule has 0 saturated carbocycles. The number of hydrogen-bond acceptors (Lipinski definition) is 4. The Morgan fingerprint density at radius 1 is 1.36 bits per heavy atom. The Hall–Kier alpha value is -1.11. The molecule has 1 heterocycles. The molecule has 0 saturated heterocycles. The lowest BCUT2D eigenvalue weighted by Crippen LogP contribution is -2.40. The first kappa shape index (κ1) is 20.9. The second kappa shape index (κ2) is 12.4. The van der Waals surface area contributed by atoms with E-state index in [2.05, 4.69) is 17.6 Å². The van der Waals surface area contributed by atoms with Gasteiger partial charge in [0.25, 0.3) is 5.91 Å². The number of nitrogens with two attached hydrogens (primary N) is 1. The second-order valence-electron chi connectivity index (χ2n) is 5.01. The summed E-state index contributed by atoms with van der Waals surface area (Å²) in [6, 6.07) is 1.85. The van der Waals surface area contributed by atoms with Crippen molar-refractivity contribution < 1.29 is 9.59 Å². The zero-order chi connectivity index (χ0) is 15.5. The number of carbonyl (C=O) groups excluding carboxylic acids is 2. The normalized spacial score (nSPS) is 11.4. The van der Waals surface area contributed by atoms with E-state index in [0.29, 0.717) is 31.5 Å². The van der Waals surface area contributed by atoms with Crippen LogP contribution in [0.2, 0.25) is 0 Å². The highest BCUT2D eigenvalue weighted by Crippen LogP contribution is 2.05. The Balaban J connectivity index is 0.00000441. The Morgan fingerprint density at radius 2 is 2.14 bits per heavy atom. The topological polar surface area (TPSA) is 84.2 Å². The average molecular weight is 348 g/mol. The van der Waals surface area contributed by atoms with Crippen LogP contribution in [0.5, 0.6) is 0 Å². The van der Waals surface area contributed by atoms with Gasteiger partial charge in [0.05, 0.1) is 0 Å². The minimum atomic E-state index is -0.0839. The zero-order valence-electron chi connectivity index (χ0n) is 13.0. The van der Waals surface area contributed by atoms with Gasteiger partial charge in [0, 0.05) is 36.5 Å². The fourth-order valence-electron chi connectivity index (χ4n) is 1.95. The molecule has 1 aromatic rings. The molecule has 2 amide bonds. The van der Waals surface area contributed by atoms with E-state index in [1.165, 1.54) is 11.3 Å². The van der Waals surface area contributed by atoms with E-state index in [4.69, 9.17) is 5.73 Å². The molecule has 0 aliphatic rings. The smallest absolute Gasteiger partial charge is 0.252 e. The molecule has 0 bridgehead atoms. The highest BCUT2D eigenvalue weighted by Gasteiger charge is 2.10. The second-order valence-corrected chi connectivity index (χ2v) is 5.79. The lowest BCUT2D eigenvalue weighted by Gasteiger charge is -2.16. The molecule has 1 rings (SSSR count). The van der Waals surface area contributed by atoms with E-state index >= 15 is 0 Å². The maximum atomic E-state index is 11.8. The predicted molar refractivity (Wildman–Crippen MR) is 93.6 cm³/mol. The van der Waals surface area contributed by atoms with Gasteiger partial charge in [-0.1, -0.05) is 19.8 Å². The van der Waals surface area contributed by atoms with Gasteiger partial charge in [0.15, 0.2) is 0 Å². The minimum absolute atomic E-state index is 0. The monoisotopic (exact) mass is 347 g/mol. The summed E-state index contributed by atoms with van der Waals surface area (Å²) in [5.41, 5.74) is 6.31. The quantitative estimate of drug-likeness (QED) is 0.568. The van der Waals surface area contributed by atoms with Gasteiger partial charge < -0.3 is 16.4 Å². The van der Waals surface area contributed by atoms with Crippen molar-refractivity contribution in [3.8, 4) is 0 Å². The van der Waals surface area contributed by atoms with Crippen molar-refractivity contribution in [2.75, 3.05) is 13.1 Å². The highest BCUT2D eigenvalue weighted by atomic mass is 35.5. The van der Waals surface area contributed by atoms with Crippen molar-refractivity contribution >= 4 is 35.6 Å². The number of halogens is 1. The molecule has 5 nitrogen and oxygen atoms in total. The maximum absolute atomic E-state index is 11.8. The molecule has 22 heavy (non-hydrogen) atoms. The number of thiophene rings is 1. The summed E-state index contributed by atoms with van der Waals surface area (Å²) in [5, 5.41) is 9.42. The van der Waals surface area contributed by atoms with Crippen molar-refractivity contribution in [3.05, 3.63) is 22.4 Å². The molecule has 1 atom stereocenters. The Kier molecular flexibility index (Phi) is 11.8. The SMILES string of the molecule is CCCCC(CN)NC(=O)CCCNC(=O)c1ccsc1.Cl. The van der Waals surface area contributed by atoms with E-state index < -0.39 is 0 Å². The van der Waals surface area contributed by atoms with E-state index in [1.807, 2.05) is 10.8 Å². The van der Waals surface area contributed by atoms with Crippen LogP contribution in [0.25, 0.3) is 0 Å². The molecule has 0 spiro atoms. The van der Waals surface area contributed by atoms with Crippen molar-refractivity contribution in [2.45, 2.75) is 45.1 Å². The Labute approximate surface area is 142 Å². The molecule has 0 radical (unpaired) electrons. The van der Waals surface area contributed by atoms with Gasteiger partial charge in [-0.2, -0.15) is 11.3 Å². The van der Waals surface area contributed by atoms with Crippen LogP contribution in [-0.4, -0.2) is 30.9 Å². The fraction of sp³-hybridized carbons (Fsp3) is 0.600. The Bertz CT molecular complexity index is 426. The maximum Gasteiger partial charge on any atom is 0.252 e. The zero-order valence-corrected chi connectivity index (χ0v) is 14.6. The summed E-state index contributed by atoms with van der Waals surface area (Å²) < 4.78 is 0. The van der Waals surface area contributed by atoms with Crippen LogP contribution >= 0.6 is 23.7 Å². The van der Waals surface area contributed by atoms with Crippen molar-refractivity contribution in [3.63, 3.8) is 0 Å². The number of amides is 2. The van der Waals surface area contributed by atoms with Crippen molar-refractivity contribution in [1.29, 1.82) is 0 Å². The van der Waals surface area contributed by atoms with Crippen molar-refractivity contribution in [2.24, 2.45) is 5.73 Å². The van der Waals surface area contributed by atoms with Gasteiger partial charge in [-0.3, -0.25) is 9.59 Å². The molecular formula is C15H26ClN3O2S. The summed E-state index contributed by atoms with van der Waals surface area (Å²) in [6.45, 7) is 3.09. The first-order chi connectivity index (χ1) is 10.2. The largest absolute Gasteiger partial charge is 0.352 e. The summed E-state index contributed by atoms with van der Waals surface area (Å²) >= 11 is 1.49. The molecule has 0 aliphatic carbocycles. The van der Waals surface area contributed by atoms with Gasteiger partial charge in [-0.05, 0) is 24.3 Å². The molecule has 1 unspecified atom stereocenters. The Morgan fingerprint density at radius 3 is 2.73 bits per heavy atom. The van der Waals surface area contributed by atoms with Crippen LogP contribution in [0.1, 0.15) is 49.4 Å². The summed E-state index contributed by atoms with van der Waals surface area (Å²) in [5.74, 6) is -0.0780. The minimum Gasteiger partial charge on any atom is -0.352 e. The first-order valence-electron chi connectivity index (χ1n) is 7.47. The van der Waals surface area contributed by atoms with Gasteiger partial charge in [0.2, 0.25) is 5.91 Å². The number of rotatable bonds is 10. The van der Waals surface area contributed by atoms with E-state index in [-0.39, 0.29) is 30.3 Å². The number of nitrogens with one attached hydrogen (secondary N) is 2. The van der Waals surface area contributed by atoms with E-state index in [0.717, 1.165) is 19.3 Å². The van der Waals surface area contributed by atoms with Crippen LogP contribution in [-0.2, 0) is 4.79 Å².